The number of hydrogen-bond acceptors (Lipinski definition) is 3. The molecule has 1 fully saturated rings. The highest BCUT2D eigenvalue weighted by atomic mass is 127. The van der Waals surface area contributed by atoms with Crippen molar-refractivity contribution in [1.82, 2.24) is 15.5 Å². The summed E-state index contributed by atoms with van der Waals surface area (Å²) in [5, 5.41) is 7.69. The molecule has 5 nitrogen and oxygen atoms in total. The zero-order valence-electron chi connectivity index (χ0n) is 16.6. The Morgan fingerprint density at radius 1 is 1.24 bits per heavy atom. The Balaban J connectivity index is 0.00000300. The number of benzene rings is 1. The molecule has 2 aromatic rings. The molecule has 1 aromatic heterocycles. The maximum absolute atomic E-state index is 5.97. The largest absolute Gasteiger partial charge is 0.469 e. The minimum Gasteiger partial charge on any atom is -0.469 e. The van der Waals surface area contributed by atoms with Gasteiger partial charge in [-0.25, -0.2) is 0 Å². The number of hydrogen-bond donors (Lipinski definition) is 2. The zero-order valence-corrected chi connectivity index (χ0v) is 19.7. The molecule has 0 saturated carbocycles. The molecule has 0 unspecified atom stereocenters. The third kappa shape index (κ3) is 8.40. The van der Waals surface area contributed by atoms with Crippen molar-refractivity contribution in [3.05, 3.63) is 71.7 Å². The number of nitrogens with one attached hydrogen (secondary N) is 2. The molecule has 3 rings (SSSR count). The Morgan fingerprint density at radius 2 is 2.00 bits per heavy atom. The van der Waals surface area contributed by atoms with Crippen LogP contribution >= 0.6 is 35.6 Å². The van der Waals surface area contributed by atoms with E-state index in [2.05, 4.69) is 39.2 Å². The van der Waals surface area contributed by atoms with E-state index in [9.17, 15) is 0 Å². The lowest BCUT2D eigenvalue weighted by atomic mass is 10.0. The predicted molar refractivity (Wildman–Crippen MR) is 131 cm³/mol. The molecule has 158 valence electrons. The molecule has 0 radical (unpaired) electrons. The van der Waals surface area contributed by atoms with Crippen molar-refractivity contribution >= 4 is 41.5 Å². The molecule has 7 heteroatoms. The Bertz CT molecular complexity index is 741. The second-order valence-electron chi connectivity index (χ2n) is 7.05. The molecule has 29 heavy (non-hydrogen) atoms. The van der Waals surface area contributed by atoms with Gasteiger partial charge in [0.05, 0.1) is 6.26 Å². The van der Waals surface area contributed by atoms with Gasteiger partial charge in [0.15, 0.2) is 5.96 Å². The molecular formula is C22H30ClIN4O. The van der Waals surface area contributed by atoms with Crippen molar-refractivity contribution in [3.63, 3.8) is 0 Å². The Labute approximate surface area is 195 Å². The third-order valence-corrected chi connectivity index (χ3v) is 5.12. The first-order chi connectivity index (χ1) is 13.7. The van der Waals surface area contributed by atoms with Gasteiger partial charge in [0, 0.05) is 50.2 Å². The minimum absolute atomic E-state index is 0. The first-order valence-corrected chi connectivity index (χ1v) is 10.3. The Hall–Kier alpha value is -1.51. The molecule has 0 amide bonds. The van der Waals surface area contributed by atoms with Crippen molar-refractivity contribution in [3.8, 4) is 0 Å². The fraction of sp³-hybridized carbons (Fsp3) is 0.409. The second-order valence-corrected chi connectivity index (χ2v) is 7.49. The first-order valence-electron chi connectivity index (χ1n) is 9.88. The van der Waals surface area contributed by atoms with Crippen LogP contribution in [0.4, 0.5) is 0 Å². The van der Waals surface area contributed by atoms with Crippen LogP contribution < -0.4 is 10.6 Å². The highest BCUT2D eigenvalue weighted by molar-refractivity contribution is 14.0. The van der Waals surface area contributed by atoms with Gasteiger partial charge in [0.2, 0.25) is 0 Å². The molecule has 0 atom stereocenters. The molecule has 0 bridgehead atoms. The van der Waals surface area contributed by atoms with Gasteiger partial charge in [-0.1, -0.05) is 29.8 Å². The fourth-order valence-corrected chi connectivity index (χ4v) is 3.46. The topological polar surface area (TPSA) is 52.8 Å². The smallest absolute Gasteiger partial charge is 0.191 e. The summed E-state index contributed by atoms with van der Waals surface area (Å²) in [5.41, 5.74) is 1.31. The van der Waals surface area contributed by atoms with Gasteiger partial charge >= 0.3 is 0 Å². The van der Waals surface area contributed by atoms with Crippen LogP contribution in [0.5, 0.6) is 0 Å². The summed E-state index contributed by atoms with van der Waals surface area (Å²) >= 11 is 5.97. The average Bonchev–Trinajstić information content (AvgIpc) is 3.23. The van der Waals surface area contributed by atoms with Crippen molar-refractivity contribution in [2.45, 2.75) is 31.8 Å². The molecule has 2 N–H and O–H groups in total. The van der Waals surface area contributed by atoms with E-state index < -0.39 is 0 Å². The lowest BCUT2D eigenvalue weighted by molar-refractivity contribution is 0.198. The highest BCUT2D eigenvalue weighted by Crippen LogP contribution is 2.16. The van der Waals surface area contributed by atoms with Gasteiger partial charge in [0.25, 0.3) is 0 Å². The minimum atomic E-state index is 0. The standard InChI is InChI=1S/C22H29ClN4O.HI/c1-2-12-24-22(25-13-9-21-4-3-16-28-21)26-20-10-14-27(15-11-20)17-18-5-7-19(23)8-6-18;/h2-8,16,20H,1,9-15,17H2,(H2,24,25,26);1H. The van der Waals surface area contributed by atoms with Crippen LogP contribution in [0, 0.1) is 0 Å². The van der Waals surface area contributed by atoms with Crippen molar-refractivity contribution < 1.29 is 4.42 Å². The van der Waals surface area contributed by atoms with Crippen LogP contribution in [-0.4, -0.2) is 43.1 Å². The van der Waals surface area contributed by atoms with E-state index >= 15 is 0 Å². The number of likely N-dealkylation sites (tertiary alicyclic amines) is 1. The summed E-state index contributed by atoms with van der Waals surface area (Å²) in [5.74, 6) is 1.81. The van der Waals surface area contributed by atoms with E-state index in [4.69, 9.17) is 16.0 Å². The lowest BCUT2D eigenvalue weighted by Gasteiger charge is -2.33. The van der Waals surface area contributed by atoms with Crippen LogP contribution in [0.1, 0.15) is 24.2 Å². The first kappa shape index (κ1) is 23.8. The highest BCUT2D eigenvalue weighted by Gasteiger charge is 2.20. The predicted octanol–water partition coefficient (Wildman–Crippen LogP) is 4.48. The molecule has 2 heterocycles. The van der Waals surface area contributed by atoms with Crippen LogP contribution in [-0.2, 0) is 13.0 Å². The monoisotopic (exact) mass is 528 g/mol. The van der Waals surface area contributed by atoms with Crippen LogP contribution in [0.15, 0.2) is 64.7 Å². The van der Waals surface area contributed by atoms with Crippen LogP contribution in [0.25, 0.3) is 0 Å². The van der Waals surface area contributed by atoms with E-state index in [0.29, 0.717) is 19.1 Å². The Kier molecular flexibility index (Phi) is 10.6. The second kappa shape index (κ2) is 12.9. The van der Waals surface area contributed by atoms with Gasteiger partial charge in [-0.15, -0.1) is 30.6 Å². The fourth-order valence-electron chi connectivity index (χ4n) is 3.33. The molecule has 1 aliphatic rings. The van der Waals surface area contributed by atoms with E-state index in [1.165, 1.54) is 5.56 Å². The van der Waals surface area contributed by atoms with Gasteiger partial charge in [0.1, 0.15) is 5.76 Å². The van der Waals surface area contributed by atoms with Crippen LogP contribution in [0.2, 0.25) is 5.02 Å². The Morgan fingerprint density at radius 3 is 2.66 bits per heavy atom. The van der Waals surface area contributed by atoms with Gasteiger partial charge < -0.3 is 15.1 Å². The van der Waals surface area contributed by atoms with E-state index in [1.54, 1.807) is 6.26 Å². The lowest BCUT2D eigenvalue weighted by Crippen LogP contribution is -2.48. The molecule has 1 aliphatic heterocycles. The zero-order chi connectivity index (χ0) is 19.6. The third-order valence-electron chi connectivity index (χ3n) is 4.87. The molecule has 1 aromatic carbocycles. The number of nitrogens with zero attached hydrogens (tertiary/aromatic N) is 2. The van der Waals surface area contributed by atoms with Crippen molar-refractivity contribution in [1.29, 1.82) is 0 Å². The summed E-state index contributed by atoms with van der Waals surface area (Å²) in [6, 6.07) is 12.5. The molecule has 0 spiro atoms. The maximum Gasteiger partial charge on any atom is 0.191 e. The number of rotatable bonds is 8. The SMILES string of the molecule is C=CCNC(=NCCc1ccco1)NC1CCN(Cc2ccc(Cl)cc2)CC1.I. The van der Waals surface area contributed by atoms with E-state index in [1.807, 2.05) is 30.3 Å². The van der Waals surface area contributed by atoms with E-state index in [0.717, 1.165) is 55.6 Å². The molecule has 0 aliphatic carbocycles. The number of furan rings is 1. The molecule has 1 saturated heterocycles. The summed E-state index contributed by atoms with van der Waals surface area (Å²) in [6.07, 6.45) is 6.54. The molecular weight excluding hydrogens is 499 g/mol. The van der Waals surface area contributed by atoms with E-state index in [-0.39, 0.29) is 24.0 Å². The number of aliphatic imine (C=N–C) groups is 1. The average molecular weight is 529 g/mol. The summed E-state index contributed by atoms with van der Waals surface area (Å²) in [4.78, 5) is 7.18. The van der Waals surface area contributed by atoms with Gasteiger partial charge in [-0.05, 0) is 42.7 Å². The number of guanidine groups is 1. The quantitative estimate of drug-likeness (QED) is 0.230. The summed E-state index contributed by atoms with van der Waals surface area (Å²) < 4.78 is 5.37. The number of halogens is 2. The van der Waals surface area contributed by atoms with Gasteiger partial charge in [-0.3, -0.25) is 9.89 Å². The van der Waals surface area contributed by atoms with Crippen molar-refractivity contribution in [2.24, 2.45) is 4.99 Å². The van der Waals surface area contributed by atoms with Crippen molar-refractivity contribution in [2.75, 3.05) is 26.2 Å². The maximum atomic E-state index is 5.97. The van der Waals surface area contributed by atoms with Crippen LogP contribution in [0.3, 0.4) is 0 Å². The normalized spacial score (nSPS) is 15.6. The summed E-state index contributed by atoms with van der Waals surface area (Å²) in [7, 11) is 0. The van der Waals surface area contributed by atoms with Gasteiger partial charge in [-0.2, -0.15) is 0 Å². The summed E-state index contributed by atoms with van der Waals surface area (Å²) in [6.45, 7) is 8.28. The number of piperidine rings is 1.